The van der Waals surface area contributed by atoms with E-state index in [1.165, 1.54) is 83.6 Å². The Labute approximate surface area is 342 Å². The first-order valence-corrected chi connectivity index (χ1v) is 16.8. The van der Waals surface area contributed by atoms with Gasteiger partial charge in [0, 0.05) is 96.2 Å². The van der Waals surface area contributed by atoms with E-state index in [4.69, 9.17) is 19.8 Å². The summed E-state index contributed by atoms with van der Waals surface area (Å²) >= 11 is 0. The Balaban J connectivity index is -0.0000000346. The molecule has 20 heteroatoms. The lowest BCUT2D eigenvalue weighted by molar-refractivity contribution is -0.158. The minimum atomic E-state index is -0.833. The first kappa shape index (κ1) is 88.8. The molecule has 0 fully saturated rings. The second kappa shape index (κ2) is 75.7. The zero-order valence-corrected chi connectivity index (χ0v) is 38.1. The monoisotopic (exact) mass is 837 g/mol. The molecule has 0 unspecified atom stereocenters. The van der Waals surface area contributed by atoms with Crippen molar-refractivity contribution < 1.29 is 77.2 Å². The SMILES string of the molecule is C.CC.CC.CC(=O)N(C)C(C)=O.CC(=O)N(C)C(C)=O.CC(=O)O.CC(=O)O.CC(=O)OC(C)=O.CC(=O)OC(C)=O.CCC(C)=O.CCC(C)=O.CN.CN. The summed E-state index contributed by atoms with van der Waals surface area (Å²) < 4.78 is 7.94. The second-order valence-electron chi connectivity index (χ2n) is 8.51. The summed E-state index contributed by atoms with van der Waals surface area (Å²) in [7, 11) is 5.90. The average molecular weight is 837 g/mol. The third-order valence-electron chi connectivity index (χ3n) is 3.46. The van der Waals surface area contributed by atoms with Crippen molar-refractivity contribution in [3.8, 4) is 0 Å². The van der Waals surface area contributed by atoms with Gasteiger partial charge in [-0.05, 0) is 27.9 Å². The van der Waals surface area contributed by atoms with Crippen LogP contribution < -0.4 is 11.5 Å². The van der Waals surface area contributed by atoms with Crippen molar-refractivity contribution in [1.82, 2.24) is 9.80 Å². The summed E-state index contributed by atoms with van der Waals surface area (Å²) in [5.74, 6) is -4.31. The summed E-state index contributed by atoms with van der Waals surface area (Å²) in [5.41, 5.74) is 9.00. The van der Waals surface area contributed by atoms with Crippen molar-refractivity contribution >= 4 is 71.0 Å². The fourth-order valence-corrected chi connectivity index (χ4v) is 0.848. The van der Waals surface area contributed by atoms with Crippen molar-refractivity contribution in [3.63, 3.8) is 0 Å². The van der Waals surface area contributed by atoms with Crippen LogP contribution in [0, 0.1) is 0 Å². The molecule has 4 amide bonds. The van der Waals surface area contributed by atoms with Crippen molar-refractivity contribution in [3.05, 3.63) is 0 Å². The fraction of sp³-hybridized carbons (Fsp3) is 0.676. The van der Waals surface area contributed by atoms with Crippen LogP contribution in [-0.4, -0.2) is 119 Å². The molecule has 0 rings (SSSR count). The first-order valence-electron chi connectivity index (χ1n) is 16.8. The summed E-state index contributed by atoms with van der Waals surface area (Å²) in [4.78, 5) is 120. The maximum Gasteiger partial charge on any atom is 0.310 e. The number of ether oxygens (including phenoxy) is 2. The van der Waals surface area contributed by atoms with Gasteiger partial charge in [0.05, 0.1) is 0 Å². The van der Waals surface area contributed by atoms with Gasteiger partial charge in [0.15, 0.2) is 0 Å². The van der Waals surface area contributed by atoms with Gasteiger partial charge < -0.3 is 40.7 Å². The Morgan fingerprint density at radius 1 is 0.404 bits per heavy atom. The molecule has 0 aliphatic heterocycles. The number of nitrogens with zero attached hydrogens (tertiary/aromatic N) is 2. The smallest absolute Gasteiger partial charge is 0.310 e. The van der Waals surface area contributed by atoms with E-state index in [1.54, 1.807) is 13.8 Å². The third-order valence-corrected chi connectivity index (χ3v) is 3.46. The minimum Gasteiger partial charge on any atom is -0.481 e. The molecule has 0 atom stereocenters. The number of nitrogens with two attached hydrogens (primary N) is 2. The van der Waals surface area contributed by atoms with E-state index in [0.29, 0.717) is 12.8 Å². The number of esters is 4. The molecule has 0 aromatic carbocycles. The van der Waals surface area contributed by atoms with Gasteiger partial charge in [-0.15, -0.1) is 0 Å². The number of carboxylic acid groups (broad SMARTS) is 2. The molecule has 0 aromatic heterocycles. The van der Waals surface area contributed by atoms with Gasteiger partial charge in [0.25, 0.3) is 11.9 Å². The van der Waals surface area contributed by atoms with E-state index in [2.05, 4.69) is 20.9 Å². The summed E-state index contributed by atoms with van der Waals surface area (Å²) in [6, 6.07) is 0. The topological polar surface area (TPSA) is 322 Å². The first-order chi connectivity index (χ1) is 25.4. The highest BCUT2D eigenvalue weighted by Crippen LogP contribution is 1.82. The number of carbonyl (C=O) groups is 12. The van der Waals surface area contributed by atoms with Gasteiger partial charge >= 0.3 is 23.9 Å². The van der Waals surface area contributed by atoms with Crippen LogP contribution in [0.1, 0.15) is 145 Å². The Hall–Kier alpha value is -5.24. The van der Waals surface area contributed by atoms with Crippen LogP contribution in [0.3, 0.4) is 0 Å². The largest absolute Gasteiger partial charge is 0.481 e. The highest BCUT2D eigenvalue weighted by Gasteiger charge is 2.05. The molecule has 0 bridgehead atoms. The van der Waals surface area contributed by atoms with Gasteiger partial charge in [-0.25, -0.2) is 0 Å². The number of aliphatic carboxylic acids is 2. The van der Waals surface area contributed by atoms with Crippen molar-refractivity contribution in [2.45, 2.75) is 145 Å². The van der Waals surface area contributed by atoms with Gasteiger partial charge in [-0.1, -0.05) is 49.0 Å². The molecule has 0 aliphatic rings. The van der Waals surface area contributed by atoms with E-state index in [-0.39, 0.29) is 42.6 Å². The van der Waals surface area contributed by atoms with Gasteiger partial charge in [0.1, 0.15) is 11.6 Å². The van der Waals surface area contributed by atoms with Crippen molar-refractivity contribution in [1.29, 1.82) is 0 Å². The predicted molar refractivity (Wildman–Crippen MR) is 221 cm³/mol. The third kappa shape index (κ3) is 233. The van der Waals surface area contributed by atoms with Crippen LogP contribution in [-0.2, 0) is 67.0 Å². The van der Waals surface area contributed by atoms with E-state index in [1.807, 2.05) is 41.5 Å². The highest BCUT2D eigenvalue weighted by molar-refractivity contribution is 5.93. The zero-order chi connectivity index (χ0) is 48.9. The Bertz CT molecular complexity index is 920. The summed E-state index contributed by atoms with van der Waals surface area (Å²) in [5, 5.41) is 14.8. The van der Waals surface area contributed by atoms with Crippen molar-refractivity contribution in [2.24, 2.45) is 11.5 Å². The number of carboxylic acids is 2. The summed E-state index contributed by atoms with van der Waals surface area (Å²) in [6.07, 6.45) is 1.33. The van der Waals surface area contributed by atoms with Crippen LogP contribution >= 0.6 is 0 Å². The number of Topliss-reactive ketones (excluding diaryl/α,β-unsaturated/α-hetero) is 2. The maximum absolute atomic E-state index is 10.3. The molecule has 0 heterocycles. The highest BCUT2D eigenvalue weighted by atomic mass is 16.6. The van der Waals surface area contributed by atoms with Gasteiger partial charge in [0.2, 0.25) is 23.6 Å². The molecule has 57 heavy (non-hydrogen) atoms. The molecule has 20 nitrogen and oxygen atoms in total. The van der Waals surface area contributed by atoms with E-state index in [9.17, 15) is 47.9 Å². The van der Waals surface area contributed by atoms with E-state index in [0.717, 1.165) is 23.6 Å². The maximum atomic E-state index is 10.3. The number of hydrogen-bond donors (Lipinski definition) is 4. The molecule has 0 aromatic rings. The standard InChI is InChI=1S/2C5H9NO2.2C4H6O3.2C4H8O.2C2H4O2.2C2H6.2CH5N.CH4/c2*1-4(7)6(3)5(2)8;2*1-3(5)7-4(2)6;2*1-3-4(2)5;2*1-2(3)4;4*1-2;/h2*1-3H3;2*1-2H3;2*3H2,1-2H3;2*1H3,(H,3,4);2*1-2H3;2*2H2,1H3;1H4. The molecule has 0 aliphatic carbocycles. The number of rotatable bonds is 2. The minimum absolute atomic E-state index is 0. The molecular weight excluding hydrogens is 756 g/mol. The lowest BCUT2D eigenvalue weighted by Gasteiger charge is -2.07. The number of imide groups is 2. The van der Waals surface area contributed by atoms with Crippen LogP contribution in [0.25, 0.3) is 0 Å². The molecule has 0 saturated heterocycles. The number of carbonyl (C=O) groups excluding carboxylic acids is 10. The van der Waals surface area contributed by atoms with Crippen LogP contribution in [0.2, 0.25) is 0 Å². The molecule has 0 saturated carbocycles. The number of amides is 4. The van der Waals surface area contributed by atoms with Gasteiger partial charge in [-0.2, -0.15) is 0 Å². The Morgan fingerprint density at radius 3 is 0.491 bits per heavy atom. The molecule has 344 valence electrons. The molecular formula is C37H80N4O16. The average Bonchev–Trinajstić information content (AvgIpc) is 3.07. The normalized spacial score (nSPS) is 6.88. The number of ketones is 2. The van der Waals surface area contributed by atoms with E-state index < -0.39 is 35.8 Å². The molecule has 0 radical (unpaired) electrons. The lowest BCUT2D eigenvalue weighted by Crippen LogP contribution is -2.28. The number of hydrogen-bond acceptors (Lipinski definition) is 16. The quantitative estimate of drug-likeness (QED) is 0.223. The van der Waals surface area contributed by atoms with Gasteiger partial charge in [-0.3, -0.25) is 57.7 Å². The second-order valence-corrected chi connectivity index (χ2v) is 8.51. The zero-order valence-electron chi connectivity index (χ0n) is 38.1. The predicted octanol–water partition coefficient (Wildman–Crippen LogP) is 4.21. The molecule has 0 spiro atoms. The van der Waals surface area contributed by atoms with Crippen molar-refractivity contribution in [2.75, 3.05) is 28.2 Å². The Kier molecular flexibility index (Phi) is 118. The summed E-state index contributed by atoms with van der Waals surface area (Å²) in [6.45, 7) is 27.2. The van der Waals surface area contributed by atoms with E-state index >= 15 is 0 Å². The lowest BCUT2D eigenvalue weighted by atomic mass is 10.4. The van der Waals surface area contributed by atoms with Crippen LogP contribution in [0.4, 0.5) is 0 Å². The Morgan fingerprint density at radius 2 is 0.491 bits per heavy atom. The van der Waals surface area contributed by atoms with Crippen LogP contribution in [0.15, 0.2) is 0 Å². The molecule has 6 N–H and O–H groups in total. The van der Waals surface area contributed by atoms with Crippen LogP contribution in [0.5, 0.6) is 0 Å². The fourth-order valence-electron chi connectivity index (χ4n) is 0.848.